The van der Waals surface area contributed by atoms with Gasteiger partial charge in [0.05, 0.1) is 12.4 Å². The second kappa shape index (κ2) is 5.21. The summed E-state index contributed by atoms with van der Waals surface area (Å²) in [7, 11) is -7.76. The Morgan fingerprint density at radius 1 is 1.33 bits per heavy atom. The molecule has 0 saturated carbocycles. The molecule has 0 spiro atoms. The van der Waals surface area contributed by atoms with Crippen LogP contribution in [0.5, 0.6) is 0 Å². The van der Waals surface area contributed by atoms with Crippen molar-refractivity contribution < 1.29 is 45.9 Å². The van der Waals surface area contributed by atoms with E-state index in [9.17, 15) is 16.8 Å². The van der Waals surface area contributed by atoms with Gasteiger partial charge in [-0.3, -0.25) is 4.55 Å². The molecule has 0 amide bonds. The molecule has 6 nitrogen and oxygen atoms in total. The van der Waals surface area contributed by atoms with Gasteiger partial charge in [-0.1, -0.05) is 0 Å². The molecule has 0 radical (unpaired) electrons. The fraction of sp³-hybridized carbons (Fsp3) is 1.00. The van der Waals surface area contributed by atoms with Crippen molar-refractivity contribution in [2.45, 2.75) is 0 Å². The molecule has 70 valence electrons. The van der Waals surface area contributed by atoms with Gasteiger partial charge in [-0.05, 0) is 0 Å². The summed E-state index contributed by atoms with van der Waals surface area (Å²) in [5.74, 6) is -0.438. The molecular formula is C3H9LiO6S2. The van der Waals surface area contributed by atoms with Crippen LogP contribution in [-0.2, 0) is 24.4 Å². The Kier molecular flexibility index (Phi) is 6.48. The van der Waals surface area contributed by atoms with Crippen molar-refractivity contribution in [3.63, 3.8) is 0 Å². The summed E-state index contributed by atoms with van der Waals surface area (Å²) < 4.78 is 52.2. The Hall–Kier alpha value is 0.417. The molecule has 1 N–H and O–H groups in total. The maximum absolute atomic E-state index is 10.4. The van der Waals surface area contributed by atoms with Crippen LogP contribution in [0.15, 0.2) is 0 Å². The first-order chi connectivity index (χ1) is 4.71. The van der Waals surface area contributed by atoms with Gasteiger partial charge in [0.25, 0.3) is 0 Å². The molecule has 0 atom stereocenters. The topological polar surface area (TPSA) is 97.7 Å². The molecule has 0 aromatic heterocycles. The predicted octanol–water partition coefficient (Wildman–Crippen LogP) is -4.03. The zero-order valence-electron chi connectivity index (χ0n) is 7.72. The van der Waals surface area contributed by atoms with Crippen LogP contribution in [-0.4, -0.2) is 40.0 Å². The Balaban J connectivity index is -0.000000500. The van der Waals surface area contributed by atoms with Gasteiger partial charge in [-0.25, -0.2) is 12.6 Å². The standard InChI is InChI=1S/C3H8O6S2.Li.H/c1-10(4,5)3-2-9-11(6,7)8;;/h2-3H2,1H3,(H,6,7,8);;/q;+1;-1. The molecule has 0 unspecified atom stereocenters. The zero-order chi connectivity index (χ0) is 9.12. The number of sulfone groups is 1. The SMILES string of the molecule is CS(=O)(=O)CCOS(=O)(=O)O.[H-].[Li+]. The van der Waals surface area contributed by atoms with Crippen molar-refractivity contribution in [2.75, 3.05) is 18.6 Å². The molecule has 0 aliphatic carbocycles. The largest absolute Gasteiger partial charge is 1.00 e. The molecular weight excluding hydrogens is 203 g/mol. The van der Waals surface area contributed by atoms with E-state index in [1.807, 2.05) is 0 Å². The van der Waals surface area contributed by atoms with Gasteiger partial charge < -0.3 is 1.43 Å². The fourth-order valence-corrected chi connectivity index (χ4v) is 1.08. The molecule has 0 aromatic rings. The first kappa shape index (κ1) is 14.9. The summed E-state index contributed by atoms with van der Waals surface area (Å²) in [5, 5.41) is 0. The van der Waals surface area contributed by atoms with Gasteiger partial charge in [-0.15, -0.1) is 0 Å². The van der Waals surface area contributed by atoms with E-state index in [-0.39, 0.29) is 20.3 Å². The molecule has 12 heavy (non-hydrogen) atoms. The maximum Gasteiger partial charge on any atom is 1.00 e. The van der Waals surface area contributed by atoms with Crippen LogP contribution in [0.25, 0.3) is 0 Å². The molecule has 0 aliphatic rings. The Labute approximate surface area is 84.8 Å². The molecule has 0 aromatic carbocycles. The summed E-state index contributed by atoms with van der Waals surface area (Å²) in [5.41, 5.74) is 0. The Bertz CT molecular complexity index is 275. The molecule has 0 heterocycles. The summed E-state index contributed by atoms with van der Waals surface area (Å²) in [6.45, 7) is -0.558. The van der Waals surface area contributed by atoms with Crippen LogP contribution in [0.2, 0.25) is 0 Å². The van der Waals surface area contributed by atoms with E-state index in [1.165, 1.54) is 0 Å². The van der Waals surface area contributed by atoms with Crippen molar-refractivity contribution in [3.05, 3.63) is 0 Å². The van der Waals surface area contributed by atoms with E-state index in [0.717, 1.165) is 6.26 Å². The minimum absolute atomic E-state index is 0. The first-order valence-electron chi connectivity index (χ1n) is 2.50. The van der Waals surface area contributed by atoms with Gasteiger partial charge in [-0.2, -0.15) is 8.42 Å². The number of hydrogen-bond donors (Lipinski definition) is 1. The molecule has 0 aliphatic heterocycles. The van der Waals surface area contributed by atoms with Crippen molar-refractivity contribution in [1.29, 1.82) is 0 Å². The van der Waals surface area contributed by atoms with E-state index in [4.69, 9.17) is 4.55 Å². The minimum Gasteiger partial charge on any atom is -1.00 e. The summed E-state index contributed by atoms with van der Waals surface area (Å²) in [6.07, 6.45) is 0.931. The van der Waals surface area contributed by atoms with Crippen LogP contribution in [0, 0.1) is 0 Å². The molecule has 0 bridgehead atoms. The average molecular weight is 212 g/mol. The number of rotatable bonds is 4. The Morgan fingerprint density at radius 2 is 1.75 bits per heavy atom. The molecule has 0 fully saturated rings. The summed E-state index contributed by atoms with van der Waals surface area (Å²) in [4.78, 5) is 0. The Morgan fingerprint density at radius 3 is 2.00 bits per heavy atom. The minimum atomic E-state index is -4.51. The third kappa shape index (κ3) is 13.0. The first-order valence-corrected chi connectivity index (χ1v) is 5.93. The average Bonchev–Trinajstić information content (AvgIpc) is 1.55. The zero-order valence-corrected chi connectivity index (χ0v) is 8.35. The van der Waals surface area contributed by atoms with E-state index in [0.29, 0.717) is 0 Å². The molecule has 9 heteroatoms. The third-order valence-corrected chi connectivity index (χ3v) is 2.06. The van der Waals surface area contributed by atoms with Crippen LogP contribution >= 0.6 is 0 Å². The van der Waals surface area contributed by atoms with Crippen LogP contribution < -0.4 is 18.9 Å². The van der Waals surface area contributed by atoms with Gasteiger partial charge in [0.2, 0.25) is 0 Å². The van der Waals surface area contributed by atoms with Crippen molar-refractivity contribution >= 4 is 20.2 Å². The van der Waals surface area contributed by atoms with Gasteiger partial charge >= 0.3 is 29.3 Å². The van der Waals surface area contributed by atoms with Crippen molar-refractivity contribution in [2.24, 2.45) is 0 Å². The normalized spacial score (nSPS) is 12.2. The van der Waals surface area contributed by atoms with Gasteiger partial charge in [0.15, 0.2) is 0 Å². The van der Waals surface area contributed by atoms with E-state index < -0.39 is 32.6 Å². The second-order valence-corrected chi connectivity index (χ2v) is 5.23. The van der Waals surface area contributed by atoms with E-state index >= 15 is 0 Å². The van der Waals surface area contributed by atoms with E-state index in [1.54, 1.807) is 0 Å². The van der Waals surface area contributed by atoms with Gasteiger partial charge in [0, 0.05) is 6.26 Å². The maximum atomic E-state index is 10.4. The van der Waals surface area contributed by atoms with Crippen LogP contribution in [0.1, 0.15) is 1.43 Å². The second-order valence-electron chi connectivity index (χ2n) is 1.88. The van der Waals surface area contributed by atoms with Gasteiger partial charge in [0.1, 0.15) is 9.84 Å². The number of hydrogen-bond acceptors (Lipinski definition) is 5. The predicted molar refractivity (Wildman–Crippen MR) is 38.3 cm³/mol. The monoisotopic (exact) mass is 212 g/mol. The molecule has 0 saturated heterocycles. The van der Waals surface area contributed by atoms with Crippen LogP contribution in [0.3, 0.4) is 0 Å². The third-order valence-electron chi connectivity index (χ3n) is 0.686. The molecule has 0 rings (SSSR count). The summed E-state index contributed by atoms with van der Waals surface area (Å²) in [6, 6.07) is 0. The van der Waals surface area contributed by atoms with Crippen molar-refractivity contribution in [3.8, 4) is 0 Å². The quantitative estimate of drug-likeness (QED) is 0.376. The fourth-order valence-electron chi connectivity index (χ4n) is 0.291. The smallest absolute Gasteiger partial charge is 1.00 e. The van der Waals surface area contributed by atoms with Crippen LogP contribution in [0.4, 0.5) is 0 Å². The van der Waals surface area contributed by atoms with Crippen molar-refractivity contribution in [1.82, 2.24) is 0 Å². The summed E-state index contributed by atoms with van der Waals surface area (Å²) >= 11 is 0. The van der Waals surface area contributed by atoms with E-state index in [2.05, 4.69) is 4.18 Å².